The highest BCUT2D eigenvalue weighted by atomic mass is 16.5. The summed E-state index contributed by atoms with van der Waals surface area (Å²) in [6.45, 7) is 4.22. The highest BCUT2D eigenvalue weighted by molar-refractivity contribution is 4.60. The van der Waals surface area contributed by atoms with E-state index in [1.54, 1.807) is 7.11 Å². The molecule has 2 N–H and O–H groups in total. The monoisotopic (exact) mass is 231 g/mol. The lowest BCUT2D eigenvalue weighted by Gasteiger charge is -2.11. The SMILES string of the molecule is CCCCCCCCC(N)COCCOC. The highest BCUT2D eigenvalue weighted by Gasteiger charge is 2.02. The minimum absolute atomic E-state index is 0.197. The normalized spacial score (nSPS) is 12.9. The molecule has 16 heavy (non-hydrogen) atoms. The Bertz CT molecular complexity index is 131. The molecule has 0 radical (unpaired) electrons. The predicted octanol–water partition coefficient (Wildman–Crippen LogP) is 2.73. The molecule has 3 heteroatoms. The van der Waals surface area contributed by atoms with Crippen LogP contribution < -0.4 is 5.73 Å². The van der Waals surface area contributed by atoms with E-state index < -0.39 is 0 Å². The summed E-state index contributed by atoms with van der Waals surface area (Å²) in [5.41, 5.74) is 5.93. The number of methoxy groups -OCH3 is 1. The van der Waals surface area contributed by atoms with Crippen LogP contribution in [0, 0.1) is 0 Å². The van der Waals surface area contributed by atoms with Crippen molar-refractivity contribution in [1.82, 2.24) is 0 Å². The van der Waals surface area contributed by atoms with Gasteiger partial charge in [-0.15, -0.1) is 0 Å². The summed E-state index contributed by atoms with van der Waals surface area (Å²) < 4.78 is 10.3. The maximum Gasteiger partial charge on any atom is 0.0701 e. The molecule has 0 saturated carbocycles. The summed E-state index contributed by atoms with van der Waals surface area (Å²) >= 11 is 0. The van der Waals surface area contributed by atoms with Gasteiger partial charge in [0.25, 0.3) is 0 Å². The fraction of sp³-hybridized carbons (Fsp3) is 1.00. The summed E-state index contributed by atoms with van der Waals surface area (Å²) in [4.78, 5) is 0. The van der Waals surface area contributed by atoms with E-state index in [-0.39, 0.29) is 6.04 Å². The van der Waals surface area contributed by atoms with Crippen LogP contribution in [0.15, 0.2) is 0 Å². The average molecular weight is 231 g/mol. The zero-order valence-corrected chi connectivity index (χ0v) is 11.0. The van der Waals surface area contributed by atoms with Crippen LogP contribution in [0.3, 0.4) is 0 Å². The van der Waals surface area contributed by atoms with Crippen LogP contribution in [-0.4, -0.2) is 33.0 Å². The number of rotatable bonds is 12. The molecule has 0 heterocycles. The Morgan fingerprint density at radius 1 is 1.00 bits per heavy atom. The zero-order chi connectivity index (χ0) is 12.1. The largest absolute Gasteiger partial charge is 0.382 e. The molecule has 0 amide bonds. The van der Waals surface area contributed by atoms with E-state index in [9.17, 15) is 0 Å². The van der Waals surface area contributed by atoms with E-state index in [1.807, 2.05) is 0 Å². The smallest absolute Gasteiger partial charge is 0.0701 e. The van der Waals surface area contributed by atoms with Gasteiger partial charge < -0.3 is 15.2 Å². The molecule has 1 atom stereocenters. The Kier molecular flexibility index (Phi) is 12.9. The van der Waals surface area contributed by atoms with Crippen molar-refractivity contribution in [2.45, 2.75) is 57.9 Å². The van der Waals surface area contributed by atoms with Crippen molar-refractivity contribution in [1.29, 1.82) is 0 Å². The quantitative estimate of drug-likeness (QED) is 0.525. The third-order valence-corrected chi connectivity index (χ3v) is 2.69. The molecule has 0 aromatic heterocycles. The van der Waals surface area contributed by atoms with E-state index in [4.69, 9.17) is 15.2 Å². The van der Waals surface area contributed by atoms with E-state index in [0.717, 1.165) is 6.42 Å². The third kappa shape index (κ3) is 12.0. The molecule has 0 spiro atoms. The van der Waals surface area contributed by atoms with Gasteiger partial charge in [0.15, 0.2) is 0 Å². The molecule has 0 aliphatic heterocycles. The molecule has 0 aliphatic rings. The molecule has 3 nitrogen and oxygen atoms in total. The lowest BCUT2D eigenvalue weighted by Crippen LogP contribution is -2.26. The molecular weight excluding hydrogens is 202 g/mol. The summed E-state index contributed by atoms with van der Waals surface area (Å²) in [5.74, 6) is 0. The standard InChI is InChI=1S/C13H29NO2/c1-3-4-5-6-7-8-9-13(14)12-16-11-10-15-2/h13H,3-12,14H2,1-2H3. The number of hydrogen-bond donors (Lipinski definition) is 1. The van der Waals surface area contributed by atoms with Crippen molar-refractivity contribution in [2.24, 2.45) is 5.73 Å². The molecule has 1 unspecified atom stereocenters. The third-order valence-electron chi connectivity index (χ3n) is 2.69. The summed E-state index contributed by atoms with van der Waals surface area (Å²) in [7, 11) is 1.68. The average Bonchev–Trinajstić information content (AvgIpc) is 2.29. The molecule has 0 rings (SSSR count). The van der Waals surface area contributed by atoms with Gasteiger partial charge in [0, 0.05) is 13.2 Å². The number of hydrogen-bond acceptors (Lipinski definition) is 3. The Morgan fingerprint density at radius 2 is 1.69 bits per heavy atom. The summed E-state index contributed by atoms with van der Waals surface area (Å²) in [6, 6.07) is 0.197. The van der Waals surface area contributed by atoms with Crippen molar-refractivity contribution in [3.8, 4) is 0 Å². The lowest BCUT2D eigenvalue weighted by molar-refractivity contribution is 0.0623. The van der Waals surface area contributed by atoms with Gasteiger partial charge in [-0.1, -0.05) is 45.4 Å². The van der Waals surface area contributed by atoms with Gasteiger partial charge in [-0.05, 0) is 6.42 Å². The van der Waals surface area contributed by atoms with Crippen LogP contribution in [0.2, 0.25) is 0 Å². The summed E-state index contributed by atoms with van der Waals surface area (Å²) in [5, 5.41) is 0. The fourth-order valence-corrected chi connectivity index (χ4v) is 1.65. The molecule has 98 valence electrons. The van der Waals surface area contributed by atoms with E-state index in [1.165, 1.54) is 38.5 Å². The topological polar surface area (TPSA) is 44.5 Å². The van der Waals surface area contributed by atoms with Gasteiger partial charge in [0.2, 0.25) is 0 Å². The van der Waals surface area contributed by atoms with Crippen LogP contribution >= 0.6 is 0 Å². The Morgan fingerprint density at radius 3 is 2.38 bits per heavy atom. The minimum Gasteiger partial charge on any atom is -0.382 e. The zero-order valence-electron chi connectivity index (χ0n) is 11.0. The van der Waals surface area contributed by atoms with Crippen LogP contribution in [0.1, 0.15) is 51.9 Å². The maximum absolute atomic E-state index is 5.93. The second kappa shape index (κ2) is 12.9. The van der Waals surface area contributed by atoms with Crippen molar-refractivity contribution < 1.29 is 9.47 Å². The molecule has 0 bridgehead atoms. The maximum atomic E-state index is 5.93. The van der Waals surface area contributed by atoms with Gasteiger partial charge in [-0.25, -0.2) is 0 Å². The molecule has 0 aromatic carbocycles. The number of nitrogens with two attached hydrogens (primary N) is 1. The predicted molar refractivity (Wildman–Crippen MR) is 68.7 cm³/mol. The molecule has 0 fully saturated rings. The van der Waals surface area contributed by atoms with Gasteiger partial charge in [-0.3, -0.25) is 0 Å². The first-order valence-electron chi connectivity index (χ1n) is 6.63. The molecular formula is C13H29NO2. The highest BCUT2D eigenvalue weighted by Crippen LogP contribution is 2.08. The van der Waals surface area contributed by atoms with Crippen LogP contribution in [0.5, 0.6) is 0 Å². The Balaban J connectivity index is 3.08. The van der Waals surface area contributed by atoms with Gasteiger partial charge in [0.05, 0.1) is 19.8 Å². The van der Waals surface area contributed by atoms with Crippen molar-refractivity contribution in [3.63, 3.8) is 0 Å². The van der Waals surface area contributed by atoms with Crippen LogP contribution in [0.25, 0.3) is 0 Å². The van der Waals surface area contributed by atoms with Crippen molar-refractivity contribution >= 4 is 0 Å². The molecule has 0 aromatic rings. The first kappa shape index (κ1) is 15.9. The fourth-order valence-electron chi connectivity index (χ4n) is 1.65. The van der Waals surface area contributed by atoms with Crippen LogP contribution in [0.4, 0.5) is 0 Å². The minimum atomic E-state index is 0.197. The number of unbranched alkanes of at least 4 members (excludes halogenated alkanes) is 5. The second-order valence-corrected chi connectivity index (χ2v) is 4.38. The van der Waals surface area contributed by atoms with E-state index >= 15 is 0 Å². The second-order valence-electron chi connectivity index (χ2n) is 4.38. The molecule has 0 saturated heterocycles. The van der Waals surface area contributed by atoms with Gasteiger partial charge in [0.1, 0.15) is 0 Å². The lowest BCUT2D eigenvalue weighted by atomic mass is 10.1. The van der Waals surface area contributed by atoms with Crippen LogP contribution in [-0.2, 0) is 9.47 Å². The first-order chi connectivity index (χ1) is 7.81. The van der Waals surface area contributed by atoms with E-state index in [0.29, 0.717) is 19.8 Å². The van der Waals surface area contributed by atoms with Gasteiger partial charge >= 0.3 is 0 Å². The van der Waals surface area contributed by atoms with Crippen molar-refractivity contribution in [3.05, 3.63) is 0 Å². The Hall–Kier alpha value is -0.120. The number of ether oxygens (including phenoxy) is 2. The van der Waals surface area contributed by atoms with Crippen molar-refractivity contribution in [2.75, 3.05) is 26.9 Å². The Labute approximate surface area is 101 Å². The van der Waals surface area contributed by atoms with E-state index in [2.05, 4.69) is 6.92 Å². The first-order valence-corrected chi connectivity index (χ1v) is 6.63. The molecule has 0 aliphatic carbocycles. The summed E-state index contributed by atoms with van der Waals surface area (Å²) in [6.07, 6.45) is 9.03. The van der Waals surface area contributed by atoms with Gasteiger partial charge in [-0.2, -0.15) is 0 Å².